The van der Waals surface area contributed by atoms with Crippen LogP contribution < -0.4 is 62.9 Å². The topological polar surface area (TPSA) is 26.1 Å². The number of nitrogens with zero attached hydrogens (tertiary/aromatic N) is 4. The Kier molecular flexibility index (Phi) is 19.7. The fraction of sp³-hybridized carbons (Fsp3) is 0.0164. The van der Waals surface area contributed by atoms with Crippen molar-refractivity contribution in [3.8, 4) is 66.8 Å². The Morgan fingerprint density at radius 1 is 0.182 bits per heavy atom. The van der Waals surface area contributed by atoms with Crippen molar-refractivity contribution in [2.24, 2.45) is 0 Å². The summed E-state index contributed by atoms with van der Waals surface area (Å²) >= 11 is 1.89. The maximum Gasteiger partial charge on any atom is 0.328 e. The molecule has 28 rings (SSSR count). The number of fused-ring (bicyclic) bond motifs is 24. The molecule has 132 heavy (non-hydrogen) atoms. The molecule has 6 heterocycles. The lowest BCUT2D eigenvalue weighted by molar-refractivity contribution is 0.669. The van der Waals surface area contributed by atoms with Gasteiger partial charge in [-0.1, -0.05) is 399 Å². The number of hydrogen-bond donors (Lipinski definition) is 0. The zero-order valence-electron chi connectivity index (χ0n) is 72.5. The van der Waals surface area contributed by atoms with Crippen LogP contribution in [-0.4, -0.2) is 27.4 Å². The van der Waals surface area contributed by atoms with Crippen molar-refractivity contribution < 1.29 is 4.42 Å². The summed E-state index contributed by atoms with van der Waals surface area (Å²) in [5.74, 6) is 0. The molecule has 0 N–H and O–H groups in total. The molecule has 0 atom stereocenters. The van der Waals surface area contributed by atoms with Gasteiger partial charge in [-0.3, -0.25) is 0 Å². The molecule has 0 amide bonds. The third-order valence-electron chi connectivity index (χ3n) is 27.7. The Bertz CT molecular complexity index is 7720. The summed E-state index contributed by atoms with van der Waals surface area (Å²) in [5, 5.41) is 5.01. The van der Waals surface area contributed by atoms with Crippen LogP contribution in [0.5, 0.6) is 0 Å². The molecule has 0 unspecified atom stereocenters. The summed E-state index contributed by atoms with van der Waals surface area (Å²) in [7, 11) is 0. The van der Waals surface area contributed by atoms with E-state index in [-0.39, 0.29) is 27.4 Å². The van der Waals surface area contributed by atoms with Gasteiger partial charge in [0.15, 0.2) is 0 Å². The van der Waals surface area contributed by atoms with Crippen LogP contribution in [0.15, 0.2) is 490 Å². The molecule has 2 aromatic heterocycles. The van der Waals surface area contributed by atoms with E-state index in [0.717, 1.165) is 34.8 Å². The predicted molar refractivity (Wildman–Crippen MR) is 564 cm³/mol. The molecule has 0 bridgehead atoms. The van der Waals surface area contributed by atoms with Gasteiger partial charge in [0, 0.05) is 98.7 Å². The van der Waals surface area contributed by atoms with Gasteiger partial charge in [0.25, 0.3) is 0 Å². The first-order valence-corrected chi connectivity index (χ1v) is 46.7. The van der Waals surface area contributed by atoms with Crippen LogP contribution in [-0.2, 0) is 12.8 Å². The van der Waals surface area contributed by atoms with Gasteiger partial charge in [0.1, 0.15) is 11.2 Å². The van der Waals surface area contributed by atoms with Crippen LogP contribution in [0.2, 0.25) is 0 Å². The fourth-order valence-electron chi connectivity index (χ4n) is 22.0. The SMILES string of the molecule is c1ccc(N2B(c3ccc4c(c3)-c3ccccc3C4)c3ccccc3-c3ccccc32)cc1.c1ccc(N2B(c3ccc4c(c3)-c3ccccc3C4)c3ccccc3-c3ccccc32)cc1.c1ccc(N2B(c3ccc4c(c3)oc3ccccc34)c3ccccc3-c3ccccc32)cc1.c1ccc(N2B(c3ccc4c(c3)sc3ccccc34)c3ccccc3-c3ccccc32)cc1. The van der Waals surface area contributed by atoms with Crippen LogP contribution in [0.3, 0.4) is 0 Å². The van der Waals surface area contributed by atoms with Crippen molar-refractivity contribution in [3.63, 3.8) is 0 Å². The third-order valence-corrected chi connectivity index (χ3v) is 28.9. The predicted octanol–water partition coefficient (Wildman–Crippen LogP) is 25.9. The average molecular weight is 1700 g/mol. The van der Waals surface area contributed by atoms with Gasteiger partial charge in [0.05, 0.1) is 0 Å². The van der Waals surface area contributed by atoms with Crippen molar-refractivity contribution in [2.45, 2.75) is 12.8 Å². The van der Waals surface area contributed by atoms with Crippen molar-refractivity contribution in [2.75, 3.05) is 19.2 Å². The lowest BCUT2D eigenvalue weighted by Gasteiger charge is -2.39. The van der Waals surface area contributed by atoms with Gasteiger partial charge in [-0.2, -0.15) is 0 Å². The normalized spacial score (nSPS) is 13.0. The van der Waals surface area contributed by atoms with E-state index < -0.39 is 0 Å². The average Bonchev–Trinajstić information content (AvgIpc) is 1.36. The number of para-hydroxylation sites is 9. The Labute approximate surface area is 775 Å². The standard InChI is InChI=1S/2C31H22BN.C30H20BNO.C30H20BNS/c2*1-2-11-25(12-3-1)33-31-17-9-7-15-28(31)27-14-6-8-16-30(27)32(33)24-19-18-23-20-22-10-4-5-13-26(22)29(23)21-24;2*1-2-10-22(11-3-1)32-28-16-8-5-13-24(28)23-12-4-7-15-27(23)31(32)21-18-19-26-25-14-6-9-17-29(25)33-30(26)20-21/h2*1-19,21H,20H2;2*1-20H. The fourth-order valence-corrected chi connectivity index (χ4v) is 23.1. The van der Waals surface area contributed by atoms with Crippen molar-refractivity contribution in [1.29, 1.82) is 0 Å². The smallest absolute Gasteiger partial charge is 0.328 e. The van der Waals surface area contributed by atoms with Crippen molar-refractivity contribution in [3.05, 3.63) is 508 Å². The number of thiophene rings is 1. The second-order valence-corrected chi connectivity index (χ2v) is 36.1. The monoisotopic (exact) mass is 1700 g/mol. The van der Waals surface area contributed by atoms with Crippen LogP contribution in [0.4, 0.5) is 45.5 Å². The second kappa shape index (κ2) is 33.2. The van der Waals surface area contributed by atoms with Crippen LogP contribution in [0.1, 0.15) is 22.3 Å². The van der Waals surface area contributed by atoms with E-state index in [0.29, 0.717) is 0 Å². The quantitative estimate of drug-likeness (QED) is 0.141. The first-order chi connectivity index (χ1) is 65.5. The highest BCUT2D eigenvalue weighted by Crippen LogP contribution is 2.47. The number of benzene rings is 20. The third kappa shape index (κ3) is 13.5. The minimum atomic E-state index is 0.0381. The summed E-state index contributed by atoms with van der Waals surface area (Å²) < 4.78 is 8.96. The molecule has 20 aromatic carbocycles. The molecular weight excluding hydrogens is 1610 g/mol. The zero-order chi connectivity index (χ0) is 87.1. The van der Waals surface area contributed by atoms with Crippen molar-refractivity contribution in [1.82, 2.24) is 0 Å². The van der Waals surface area contributed by atoms with E-state index in [1.165, 1.54) is 198 Å². The van der Waals surface area contributed by atoms with Gasteiger partial charge >= 0.3 is 27.4 Å². The Hall–Kier alpha value is -16.1. The lowest BCUT2D eigenvalue weighted by atomic mass is 9.45. The molecule has 0 radical (unpaired) electrons. The van der Waals surface area contributed by atoms with Crippen LogP contribution >= 0.6 is 11.3 Å². The van der Waals surface area contributed by atoms with Gasteiger partial charge in [0.2, 0.25) is 0 Å². The highest BCUT2D eigenvalue weighted by Gasteiger charge is 2.43. The molecule has 0 fully saturated rings. The molecule has 5 nitrogen and oxygen atoms in total. The molecule has 6 aliphatic rings. The summed E-state index contributed by atoms with van der Waals surface area (Å²) in [6, 6.07) is 176. The highest BCUT2D eigenvalue weighted by molar-refractivity contribution is 7.26. The number of furan rings is 1. The van der Waals surface area contributed by atoms with E-state index >= 15 is 0 Å². The van der Waals surface area contributed by atoms with E-state index in [9.17, 15) is 0 Å². The summed E-state index contributed by atoms with van der Waals surface area (Å²) in [6.45, 7) is 0.359. The highest BCUT2D eigenvalue weighted by atomic mass is 32.1. The molecule has 616 valence electrons. The van der Waals surface area contributed by atoms with E-state index in [4.69, 9.17) is 4.42 Å². The van der Waals surface area contributed by atoms with Gasteiger partial charge < -0.3 is 23.7 Å². The molecule has 22 aromatic rings. The molecule has 0 spiro atoms. The Balaban J connectivity index is 0.0000000945. The van der Waals surface area contributed by atoms with E-state index in [1.807, 2.05) is 23.5 Å². The summed E-state index contributed by atoms with van der Waals surface area (Å²) in [6.07, 6.45) is 2.05. The second-order valence-electron chi connectivity index (χ2n) is 35.1. The minimum Gasteiger partial charge on any atom is -0.456 e. The van der Waals surface area contributed by atoms with Gasteiger partial charge in [-0.15, -0.1) is 11.3 Å². The maximum absolute atomic E-state index is 6.26. The molecule has 0 saturated heterocycles. The van der Waals surface area contributed by atoms with Crippen LogP contribution in [0, 0.1) is 0 Å². The number of hydrogen-bond acceptors (Lipinski definition) is 6. The maximum atomic E-state index is 6.26. The Morgan fingerprint density at radius 3 is 0.856 bits per heavy atom. The summed E-state index contributed by atoms with van der Waals surface area (Å²) in [5.41, 5.74) is 43.8. The minimum absolute atomic E-state index is 0.0381. The molecule has 2 aliphatic carbocycles. The van der Waals surface area contributed by atoms with Gasteiger partial charge in [-0.25, -0.2) is 0 Å². The molecule has 4 aliphatic heterocycles. The van der Waals surface area contributed by atoms with E-state index in [2.05, 4.69) is 492 Å². The molecule has 0 saturated carbocycles. The Morgan fingerprint density at radius 2 is 0.455 bits per heavy atom. The number of anilines is 8. The molecular formula is C122H84B4N4OS. The largest absolute Gasteiger partial charge is 0.456 e. The van der Waals surface area contributed by atoms with Crippen LogP contribution in [0.25, 0.3) is 109 Å². The summed E-state index contributed by atoms with van der Waals surface area (Å²) in [4.78, 5) is 9.99. The van der Waals surface area contributed by atoms with E-state index in [1.54, 1.807) is 0 Å². The number of rotatable bonds is 8. The van der Waals surface area contributed by atoms with Crippen molar-refractivity contribution >= 4 is 170 Å². The first-order valence-electron chi connectivity index (χ1n) is 45.9. The first kappa shape index (κ1) is 78.2. The van der Waals surface area contributed by atoms with Gasteiger partial charge in [-0.05, 0) is 209 Å². The lowest BCUT2D eigenvalue weighted by Crippen LogP contribution is -2.57. The zero-order valence-corrected chi connectivity index (χ0v) is 73.3. The molecule has 10 heteroatoms.